The van der Waals surface area contributed by atoms with Crippen LogP contribution >= 0.6 is 11.6 Å². The average Bonchev–Trinajstić information content (AvgIpc) is 2.86. The number of amides is 1. The molecule has 7 heteroatoms. The largest absolute Gasteiger partial charge is 0.416 e. The molecule has 0 saturated carbocycles. The zero-order valence-corrected chi connectivity index (χ0v) is 16.0. The fraction of sp³-hybridized carbons (Fsp3) is 0.190. The van der Waals surface area contributed by atoms with Gasteiger partial charge >= 0.3 is 6.18 Å². The van der Waals surface area contributed by atoms with E-state index in [2.05, 4.69) is 0 Å². The molecule has 3 rings (SSSR count). The van der Waals surface area contributed by atoms with E-state index in [1.165, 1.54) is 12.1 Å². The molecule has 28 heavy (non-hydrogen) atoms. The predicted octanol–water partition coefficient (Wildman–Crippen LogP) is 5.59. The number of primary amides is 1. The highest BCUT2D eigenvalue weighted by atomic mass is 35.5. The van der Waals surface area contributed by atoms with Crippen LogP contribution < -0.4 is 5.73 Å². The van der Waals surface area contributed by atoms with Gasteiger partial charge in [0.15, 0.2) is 0 Å². The third-order valence-electron chi connectivity index (χ3n) is 4.76. The number of hydrogen-bond acceptors (Lipinski definition) is 1. The van der Waals surface area contributed by atoms with Crippen molar-refractivity contribution in [3.63, 3.8) is 0 Å². The van der Waals surface area contributed by atoms with Crippen molar-refractivity contribution in [1.29, 1.82) is 0 Å². The van der Waals surface area contributed by atoms with E-state index in [1.807, 2.05) is 29.7 Å². The summed E-state index contributed by atoms with van der Waals surface area (Å²) in [5.74, 6) is -0.625. The number of carbonyl (C=O) groups is 1. The highest BCUT2D eigenvalue weighted by Gasteiger charge is 2.30. The molecule has 0 aliphatic rings. The Hall–Kier alpha value is -2.73. The van der Waals surface area contributed by atoms with Gasteiger partial charge in [-0.1, -0.05) is 35.9 Å². The second-order valence-electron chi connectivity index (χ2n) is 6.58. The molecule has 2 N–H and O–H groups in total. The second-order valence-corrected chi connectivity index (χ2v) is 7.01. The molecule has 0 unspecified atom stereocenters. The molecule has 1 amide bonds. The van der Waals surface area contributed by atoms with Crippen LogP contribution in [0.1, 0.15) is 32.9 Å². The molecule has 0 radical (unpaired) electrons. The zero-order valence-electron chi connectivity index (χ0n) is 15.3. The van der Waals surface area contributed by atoms with Crippen LogP contribution in [0.5, 0.6) is 0 Å². The molecule has 3 nitrogen and oxygen atoms in total. The van der Waals surface area contributed by atoms with Gasteiger partial charge in [-0.25, -0.2) is 0 Å². The Morgan fingerprint density at radius 2 is 1.71 bits per heavy atom. The highest BCUT2D eigenvalue weighted by Crippen LogP contribution is 2.35. The topological polar surface area (TPSA) is 48.0 Å². The molecule has 2 aromatic carbocycles. The van der Waals surface area contributed by atoms with Crippen LogP contribution in [-0.4, -0.2) is 10.5 Å². The van der Waals surface area contributed by atoms with Gasteiger partial charge in [-0.3, -0.25) is 4.79 Å². The number of aromatic nitrogens is 1. The van der Waals surface area contributed by atoms with Crippen LogP contribution in [0.25, 0.3) is 11.1 Å². The van der Waals surface area contributed by atoms with Crippen LogP contribution in [0.2, 0.25) is 5.02 Å². The van der Waals surface area contributed by atoms with Gasteiger partial charge in [0.2, 0.25) is 0 Å². The summed E-state index contributed by atoms with van der Waals surface area (Å²) in [4.78, 5) is 12.1. The summed E-state index contributed by atoms with van der Waals surface area (Å²) in [6.07, 6.45) is -4.42. The van der Waals surface area contributed by atoms with Crippen molar-refractivity contribution in [2.24, 2.45) is 5.73 Å². The summed E-state index contributed by atoms with van der Waals surface area (Å²) in [7, 11) is 0. The molecule has 0 aliphatic carbocycles. The average molecular weight is 407 g/mol. The predicted molar refractivity (Wildman–Crippen MR) is 103 cm³/mol. The van der Waals surface area contributed by atoms with E-state index >= 15 is 0 Å². The number of benzene rings is 2. The minimum atomic E-state index is -4.42. The van der Waals surface area contributed by atoms with Crippen LogP contribution in [-0.2, 0) is 12.7 Å². The molecule has 146 valence electrons. The summed E-state index contributed by atoms with van der Waals surface area (Å²) < 4.78 is 40.5. The third-order valence-corrected chi connectivity index (χ3v) is 5.00. The molecule has 0 fully saturated rings. The molecule has 1 heterocycles. The summed E-state index contributed by atoms with van der Waals surface area (Å²) in [5, 5.41) is 0.595. The number of rotatable bonds is 4. The molecule has 0 atom stereocenters. The standard InChI is InChI=1S/C21H18ClF3N2O/c1-12-18(15-6-8-16(9-7-15)21(23,24)25)19(20(26)28)13(2)27(12)11-14-4-3-5-17(22)10-14/h3-10H,11H2,1-2H3,(H2,26,28). The van der Waals surface area contributed by atoms with Crippen molar-refractivity contribution in [3.8, 4) is 11.1 Å². The normalized spacial score (nSPS) is 11.6. The van der Waals surface area contributed by atoms with Crippen LogP contribution in [0, 0.1) is 13.8 Å². The number of carbonyl (C=O) groups excluding carboxylic acids is 1. The van der Waals surface area contributed by atoms with Crippen molar-refractivity contribution in [2.75, 3.05) is 0 Å². The first-order valence-electron chi connectivity index (χ1n) is 8.51. The Kier molecular flexibility index (Phi) is 5.26. The van der Waals surface area contributed by atoms with E-state index < -0.39 is 17.6 Å². The van der Waals surface area contributed by atoms with Crippen molar-refractivity contribution >= 4 is 17.5 Å². The first-order chi connectivity index (χ1) is 13.1. The van der Waals surface area contributed by atoms with Crippen molar-refractivity contribution in [1.82, 2.24) is 4.57 Å². The van der Waals surface area contributed by atoms with Gasteiger partial charge in [0.25, 0.3) is 5.91 Å². The number of nitrogens with zero attached hydrogens (tertiary/aromatic N) is 1. The van der Waals surface area contributed by atoms with E-state index in [1.54, 1.807) is 13.0 Å². The van der Waals surface area contributed by atoms with E-state index in [9.17, 15) is 18.0 Å². The quantitative estimate of drug-likeness (QED) is 0.603. The van der Waals surface area contributed by atoms with E-state index in [-0.39, 0.29) is 0 Å². The molecule has 3 aromatic rings. The second kappa shape index (κ2) is 7.36. The first-order valence-corrected chi connectivity index (χ1v) is 8.89. The Bertz CT molecular complexity index is 1040. The monoisotopic (exact) mass is 406 g/mol. The van der Waals surface area contributed by atoms with Crippen molar-refractivity contribution in [3.05, 3.63) is 81.6 Å². The van der Waals surface area contributed by atoms with Gasteiger partial charge in [0, 0.05) is 28.5 Å². The van der Waals surface area contributed by atoms with Gasteiger partial charge in [-0.15, -0.1) is 0 Å². The minimum Gasteiger partial charge on any atom is -0.366 e. The lowest BCUT2D eigenvalue weighted by Gasteiger charge is -2.11. The lowest BCUT2D eigenvalue weighted by molar-refractivity contribution is -0.137. The van der Waals surface area contributed by atoms with Gasteiger partial charge in [-0.2, -0.15) is 13.2 Å². The van der Waals surface area contributed by atoms with E-state index in [0.29, 0.717) is 34.0 Å². The van der Waals surface area contributed by atoms with Crippen LogP contribution in [0.4, 0.5) is 13.2 Å². The highest BCUT2D eigenvalue weighted by molar-refractivity contribution is 6.30. The SMILES string of the molecule is Cc1c(C(N)=O)c(-c2ccc(C(F)(F)F)cc2)c(C)n1Cc1cccc(Cl)c1. The molecule has 0 saturated heterocycles. The number of hydrogen-bond donors (Lipinski definition) is 1. The maximum atomic E-state index is 12.9. The summed E-state index contributed by atoms with van der Waals surface area (Å²) in [5.41, 5.74) is 8.53. The van der Waals surface area contributed by atoms with Crippen molar-refractivity contribution in [2.45, 2.75) is 26.6 Å². The fourth-order valence-corrected chi connectivity index (χ4v) is 3.63. The smallest absolute Gasteiger partial charge is 0.366 e. The molecular formula is C21H18ClF3N2O. The Balaban J connectivity index is 2.12. The number of halogens is 4. The van der Waals surface area contributed by atoms with Crippen LogP contribution in [0.3, 0.4) is 0 Å². The Labute approximate surface area is 165 Å². The molecule has 1 aromatic heterocycles. The van der Waals surface area contributed by atoms with Gasteiger partial charge in [-0.05, 0) is 49.2 Å². The lowest BCUT2D eigenvalue weighted by Crippen LogP contribution is -2.13. The third kappa shape index (κ3) is 3.78. The molecule has 0 aliphatic heterocycles. The van der Waals surface area contributed by atoms with E-state index in [4.69, 9.17) is 17.3 Å². The van der Waals surface area contributed by atoms with E-state index in [0.717, 1.165) is 23.4 Å². The fourth-order valence-electron chi connectivity index (χ4n) is 3.42. The van der Waals surface area contributed by atoms with Gasteiger partial charge < -0.3 is 10.3 Å². The van der Waals surface area contributed by atoms with Crippen molar-refractivity contribution < 1.29 is 18.0 Å². The minimum absolute atomic E-state index is 0.305. The Morgan fingerprint density at radius 3 is 2.25 bits per heavy atom. The summed E-state index contributed by atoms with van der Waals surface area (Å²) in [6, 6.07) is 12.1. The Morgan fingerprint density at radius 1 is 1.07 bits per heavy atom. The first kappa shape index (κ1) is 20.0. The lowest BCUT2D eigenvalue weighted by atomic mass is 9.99. The summed E-state index contributed by atoms with van der Waals surface area (Å²) >= 11 is 6.05. The number of nitrogens with two attached hydrogens (primary N) is 1. The zero-order chi connectivity index (χ0) is 20.6. The van der Waals surface area contributed by atoms with Crippen LogP contribution in [0.15, 0.2) is 48.5 Å². The molecule has 0 bridgehead atoms. The number of alkyl halides is 3. The van der Waals surface area contributed by atoms with Gasteiger partial charge in [0.1, 0.15) is 0 Å². The summed E-state index contributed by atoms with van der Waals surface area (Å²) in [6.45, 7) is 4.04. The molecular weight excluding hydrogens is 389 g/mol. The maximum absolute atomic E-state index is 12.9. The maximum Gasteiger partial charge on any atom is 0.416 e. The molecule has 0 spiro atoms. The van der Waals surface area contributed by atoms with Gasteiger partial charge in [0.05, 0.1) is 11.1 Å².